The van der Waals surface area contributed by atoms with E-state index in [0.717, 1.165) is 33.2 Å². The van der Waals surface area contributed by atoms with Gasteiger partial charge in [0.15, 0.2) is 5.82 Å². The molecular formula is C34H37N7O3. The fourth-order valence-corrected chi connectivity index (χ4v) is 5.01. The van der Waals surface area contributed by atoms with Gasteiger partial charge >= 0.3 is 0 Å². The number of carbonyl (C=O) groups excluding carboxylic acids is 3. The lowest BCUT2D eigenvalue weighted by Gasteiger charge is -2.23. The van der Waals surface area contributed by atoms with Crippen molar-refractivity contribution >= 4 is 34.4 Å². The van der Waals surface area contributed by atoms with Gasteiger partial charge < -0.3 is 30.8 Å². The lowest BCUT2D eigenvalue weighted by atomic mass is 10.00. The second-order valence-electron chi connectivity index (χ2n) is 11.6. The monoisotopic (exact) mass is 591 g/mol. The molecule has 5 N–H and O–H groups in total. The van der Waals surface area contributed by atoms with Gasteiger partial charge in [0.2, 0.25) is 17.7 Å². The molecule has 3 aromatic carbocycles. The quantitative estimate of drug-likeness (QED) is 0.194. The summed E-state index contributed by atoms with van der Waals surface area (Å²) in [7, 11) is 3.40. The molecule has 10 heteroatoms. The summed E-state index contributed by atoms with van der Waals surface area (Å²) in [5.41, 5.74) is 9.53. The van der Waals surface area contributed by atoms with Gasteiger partial charge in [-0.2, -0.15) is 0 Å². The summed E-state index contributed by atoms with van der Waals surface area (Å²) >= 11 is 0. The van der Waals surface area contributed by atoms with Crippen molar-refractivity contribution in [3.05, 3.63) is 109 Å². The SMILES string of the molecule is CN(C)C(=O)C(c1ccc(-c2ccccc2)cc1)n1cnc(NC(=O)[C@@H](Cc2c[nH]c3ccccc23)NC(=O)C(C)(C)N)c1. The standard InChI is InChI=1S/C34H37N7O3/c1-34(2,35)33(44)38-28(18-25-19-36-27-13-9-8-12-26(25)27)31(42)39-29-20-41(21-37-29)30(32(43)40(3)4)24-16-14-23(15-17-24)22-10-6-5-7-11-22/h5-17,19-21,28,30,36H,18,35H2,1-4H3,(H,38,44)(H,39,42)/t28-,30?/m1/s1. The molecule has 10 nitrogen and oxygen atoms in total. The van der Waals surface area contributed by atoms with Crippen LogP contribution in [-0.2, 0) is 20.8 Å². The average Bonchev–Trinajstić information content (AvgIpc) is 3.64. The van der Waals surface area contributed by atoms with Gasteiger partial charge in [-0.25, -0.2) is 4.98 Å². The molecule has 2 aromatic heterocycles. The molecule has 0 saturated heterocycles. The Morgan fingerprint density at radius 1 is 0.955 bits per heavy atom. The second kappa shape index (κ2) is 12.6. The number of carbonyl (C=O) groups is 3. The summed E-state index contributed by atoms with van der Waals surface area (Å²) in [5.74, 6) is -0.820. The molecule has 0 saturated carbocycles. The minimum absolute atomic E-state index is 0.151. The number of fused-ring (bicyclic) bond motifs is 1. The number of hydrogen-bond donors (Lipinski definition) is 4. The molecule has 0 spiro atoms. The number of amides is 3. The molecule has 0 aliphatic carbocycles. The number of para-hydroxylation sites is 1. The van der Waals surface area contributed by atoms with Gasteiger partial charge in [0, 0.05) is 43.8 Å². The number of nitrogens with two attached hydrogens (primary N) is 1. The Morgan fingerprint density at radius 3 is 2.30 bits per heavy atom. The molecule has 0 fully saturated rings. The zero-order chi connectivity index (χ0) is 31.4. The van der Waals surface area contributed by atoms with Gasteiger partial charge in [0.25, 0.3) is 0 Å². The number of imidazole rings is 1. The molecule has 226 valence electrons. The van der Waals surface area contributed by atoms with Crippen LogP contribution in [0.2, 0.25) is 0 Å². The molecule has 0 bridgehead atoms. The zero-order valence-corrected chi connectivity index (χ0v) is 25.2. The molecule has 5 rings (SSSR count). The van der Waals surface area contributed by atoms with Crippen molar-refractivity contribution in [2.75, 3.05) is 19.4 Å². The molecule has 44 heavy (non-hydrogen) atoms. The van der Waals surface area contributed by atoms with Crippen LogP contribution in [0.5, 0.6) is 0 Å². The van der Waals surface area contributed by atoms with Crippen LogP contribution in [0.4, 0.5) is 5.82 Å². The fourth-order valence-electron chi connectivity index (χ4n) is 5.01. The Labute approximate surface area is 256 Å². The molecule has 1 unspecified atom stereocenters. The molecule has 2 atom stereocenters. The lowest BCUT2D eigenvalue weighted by Crippen LogP contribution is -2.55. The highest BCUT2D eigenvalue weighted by Gasteiger charge is 2.30. The van der Waals surface area contributed by atoms with Crippen LogP contribution >= 0.6 is 0 Å². The van der Waals surface area contributed by atoms with Gasteiger partial charge in [-0.1, -0.05) is 72.8 Å². The van der Waals surface area contributed by atoms with E-state index >= 15 is 0 Å². The predicted octanol–water partition coefficient (Wildman–Crippen LogP) is 4.11. The van der Waals surface area contributed by atoms with Crippen molar-refractivity contribution in [3.63, 3.8) is 0 Å². The maximum absolute atomic E-state index is 13.6. The molecule has 0 aliphatic rings. The molecule has 0 radical (unpaired) electrons. The van der Waals surface area contributed by atoms with Gasteiger partial charge in [-0.05, 0) is 42.2 Å². The smallest absolute Gasteiger partial charge is 0.249 e. The number of H-pyrrole nitrogens is 1. The van der Waals surface area contributed by atoms with E-state index in [2.05, 4.69) is 20.6 Å². The summed E-state index contributed by atoms with van der Waals surface area (Å²) in [4.78, 5) is 48.9. The number of aromatic amines is 1. The van der Waals surface area contributed by atoms with Gasteiger partial charge in [-0.3, -0.25) is 14.4 Å². The van der Waals surface area contributed by atoms with E-state index in [1.165, 1.54) is 11.2 Å². The maximum Gasteiger partial charge on any atom is 0.249 e. The maximum atomic E-state index is 13.6. The van der Waals surface area contributed by atoms with E-state index in [0.29, 0.717) is 0 Å². The summed E-state index contributed by atoms with van der Waals surface area (Å²) in [6.07, 6.45) is 5.20. The third-order valence-electron chi connectivity index (χ3n) is 7.47. The van der Waals surface area contributed by atoms with Crippen molar-refractivity contribution in [2.45, 2.75) is 37.9 Å². The first-order chi connectivity index (χ1) is 21.0. The van der Waals surface area contributed by atoms with Crippen LogP contribution in [0.25, 0.3) is 22.0 Å². The number of nitrogens with zero attached hydrogens (tertiary/aromatic N) is 3. The Bertz CT molecular complexity index is 1770. The molecule has 0 aliphatic heterocycles. The Morgan fingerprint density at radius 2 is 1.61 bits per heavy atom. The molecule has 2 heterocycles. The van der Waals surface area contributed by atoms with E-state index in [1.807, 2.05) is 85.1 Å². The van der Waals surface area contributed by atoms with Crippen LogP contribution in [0.3, 0.4) is 0 Å². The average molecular weight is 592 g/mol. The first-order valence-corrected chi connectivity index (χ1v) is 14.4. The number of benzene rings is 3. The number of likely N-dealkylation sites (N-methyl/N-ethyl adjacent to an activating group) is 1. The summed E-state index contributed by atoms with van der Waals surface area (Å²) in [6.45, 7) is 3.16. The van der Waals surface area contributed by atoms with Crippen LogP contribution in [0, 0.1) is 0 Å². The second-order valence-corrected chi connectivity index (χ2v) is 11.6. The minimum Gasteiger partial charge on any atom is -0.361 e. The summed E-state index contributed by atoms with van der Waals surface area (Å²) in [5, 5.41) is 6.58. The van der Waals surface area contributed by atoms with Gasteiger partial charge in [0.1, 0.15) is 12.1 Å². The van der Waals surface area contributed by atoms with Crippen molar-refractivity contribution < 1.29 is 14.4 Å². The van der Waals surface area contributed by atoms with Crippen molar-refractivity contribution in [3.8, 4) is 11.1 Å². The van der Waals surface area contributed by atoms with Crippen molar-refractivity contribution in [1.82, 2.24) is 24.8 Å². The van der Waals surface area contributed by atoms with E-state index in [4.69, 9.17) is 5.73 Å². The Balaban J connectivity index is 1.39. The number of hydrogen-bond acceptors (Lipinski definition) is 5. The lowest BCUT2D eigenvalue weighted by molar-refractivity contribution is -0.131. The van der Waals surface area contributed by atoms with Crippen LogP contribution in [0.15, 0.2) is 97.6 Å². The first kappa shape index (κ1) is 30.2. The van der Waals surface area contributed by atoms with Crippen LogP contribution < -0.4 is 16.4 Å². The fraction of sp³-hybridized carbons (Fsp3) is 0.235. The Hall–Kier alpha value is -5.22. The first-order valence-electron chi connectivity index (χ1n) is 14.4. The van der Waals surface area contributed by atoms with Crippen molar-refractivity contribution in [2.24, 2.45) is 5.73 Å². The molecule has 3 amide bonds. The highest BCUT2D eigenvalue weighted by molar-refractivity contribution is 5.98. The highest BCUT2D eigenvalue weighted by atomic mass is 16.2. The molecular weight excluding hydrogens is 554 g/mol. The van der Waals surface area contributed by atoms with E-state index in [-0.39, 0.29) is 18.1 Å². The van der Waals surface area contributed by atoms with E-state index in [1.54, 1.807) is 38.7 Å². The number of aromatic nitrogens is 3. The number of anilines is 1. The Kier molecular flexibility index (Phi) is 8.64. The minimum atomic E-state index is -1.18. The highest BCUT2D eigenvalue weighted by Crippen LogP contribution is 2.26. The zero-order valence-electron chi connectivity index (χ0n) is 25.2. The third-order valence-corrected chi connectivity index (χ3v) is 7.47. The van der Waals surface area contributed by atoms with Gasteiger partial charge in [0.05, 0.1) is 11.9 Å². The predicted molar refractivity (Wildman–Crippen MR) is 172 cm³/mol. The summed E-state index contributed by atoms with van der Waals surface area (Å²) in [6, 6.07) is 23.9. The summed E-state index contributed by atoms with van der Waals surface area (Å²) < 4.78 is 1.67. The topological polar surface area (TPSA) is 138 Å². The van der Waals surface area contributed by atoms with E-state index in [9.17, 15) is 14.4 Å². The molecule has 5 aromatic rings. The van der Waals surface area contributed by atoms with Gasteiger partial charge in [-0.15, -0.1) is 0 Å². The number of rotatable bonds is 10. The third kappa shape index (κ3) is 6.71. The normalized spacial score (nSPS) is 12.8. The van der Waals surface area contributed by atoms with Crippen molar-refractivity contribution in [1.29, 1.82) is 0 Å². The van der Waals surface area contributed by atoms with Crippen LogP contribution in [-0.4, -0.2) is 62.8 Å². The largest absolute Gasteiger partial charge is 0.361 e. The van der Waals surface area contributed by atoms with Crippen LogP contribution in [0.1, 0.15) is 31.0 Å². The number of nitrogens with one attached hydrogen (secondary N) is 3. The van der Waals surface area contributed by atoms with E-state index < -0.39 is 29.4 Å².